The van der Waals surface area contributed by atoms with E-state index in [9.17, 15) is 14.4 Å². The molecule has 1 aromatic heterocycles. The number of nitrogens with zero attached hydrogens (tertiary/aromatic N) is 3. The molecule has 1 aliphatic carbocycles. The highest BCUT2D eigenvalue weighted by Crippen LogP contribution is 2.30. The van der Waals surface area contributed by atoms with Crippen LogP contribution < -0.4 is 10.3 Å². The van der Waals surface area contributed by atoms with Gasteiger partial charge in [-0.2, -0.15) is 0 Å². The van der Waals surface area contributed by atoms with E-state index in [1.54, 1.807) is 67.9 Å². The number of hydrogen-bond acceptors (Lipinski definition) is 6. The fourth-order valence-corrected chi connectivity index (χ4v) is 4.17. The molecule has 8 nitrogen and oxygen atoms in total. The summed E-state index contributed by atoms with van der Waals surface area (Å²) in [6.07, 6.45) is 10.5. The standard InChI is InChI=1S/C30H31N3O5/c1-4-22(37-3)13-9-18-33-27(31-25-15-6-5-14-24(25)29(33)35)17-19-32(2)30(36)28-21(20-34)10-7-16-26(28)38-23-11-8-12-23/h4-7,9-10,13-16,18,20,23H,1,8,11-12,17,19H2,2-3H3/b18-9+,22-13+. The SMILES string of the molecule is C=C/C(=C\C=C\n1c(CCN(C)C(=O)c2c(C=O)cccc2OC2CCC2)nc2ccccc2c1=O)OC. The van der Waals surface area contributed by atoms with E-state index in [1.807, 2.05) is 6.07 Å². The molecule has 2 aromatic carbocycles. The molecule has 0 atom stereocenters. The molecule has 0 unspecified atom stereocenters. The quantitative estimate of drug-likeness (QED) is 0.211. The van der Waals surface area contributed by atoms with Crippen LogP contribution in [0.15, 0.2) is 77.8 Å². The minimum absolute atomic E-state index is 0.0607. The molecule has 1 heterocycles. The Labute approximate surface area is 221 Å². The summed E-state index contributed by atoms with van der Waals surface area (Å²) in [6.45, 7) is 3.95. The Bertz CT molecular complexity index is 1470. The summed E-state index contributed by atoms with van der Waals surface area (Å²) < 4.78 is 12.7. The van der Waals surface area contributed by atoms with Gasteiger partial charge in [-0.25, -0.2) is 4.98 Å². The Morgan fingerprint density at radius 2 is 2.00 bits per heavy atom. The van der Waals surface area contributed by atoms with Crippen LogP contribution in [0, 0.1) is 0 Å². The van der Waals surface area contributed by atoms with Crippen molar-refractivity contribution >= 4 is 29.3 Å². The first kappa shape index (κ1) is 26.6. The molecule has 3 aromatic rings. The molecule has 0 aliphatic heterocycles. The first-order valence-corrected chi connectivity index (χ1v) is 12.5. The van der Waals surface area contributed by atoms with Gasteiger partial charge in [-0.15, -0.1) is 0 Å². The molecule has 196 valence electrons. The molecule has 0 saturated heterocycles. The summed E-state index contributed by atoms with van der Waals surface area (Å²) in [5.41, 5.74) is 0.893. The van der Waals surface area contributed by atoms with E-state index in [0.717, 1.165) is 19.3 Å². The predicted molar refractivity (Wildman–Crippen MR) is 147 cm³/mol. The smallest absolute Gasteiger partial charge is 0.265 e. The Balaban J connectivity index is 1.62. The number of rotatable bonds is 11. The molecule has 0 spiro atoms. The predicted octanol–water partition coefficient (Wildman–Crippen LogP) is 4.64. The van der Waals surface area contributed by atoms with Gasteiger partial charge in [0, 0.05) is 31.8 Å². The van der Waals surface area contributed by atoms with Crippen LogP contribution in [-0.2, 0) is 11.2 Å². The second-order valence-corrected chi connectivity index (χ2v) is 9.02. The lowest BCUT2D eigenvalue weighted by Gasteiger charge is -2.28. The fourth-order valence-electron chi connectivity index (χ4n) is 4.17. The third kappa shape index (κ3) is 5.75. The van der Waals surface area contributed by atoms with Crippen LogP contribution in [0.4, 0.5) is 0 Å². The monoisotopic (exact) mass is 513 g/mol. The largest absolute Gasteiger partial charge is 0.497 e. The van der Waals surface area contributed by atoms with Crippen molar-refractivity contribution in [3.8, 4) is 5.75 Å². The highest BCUT2D eigenvalue weighted by Gasteiger charge is 2.25. The van der Waals surface area contributed by atoms with Crippen molar-refractivity contribution < 1.29 is 19.1 Å². The van der Waals surface area contributed by atoms with Crippen LogP contribution in [0.1, 0.15) is 45.8 Å². The van der Waals surface area contributed by atoms with Gasteiger partial charge >= 0.3 is 0 Å². The van der Waals surface area contributed by atoms with Gasteiger partial charge in [-0.05, 0) is 55.7 Å². The number of aldehydes is 1. The van der Waals surface area contributed by atoms with E-state index in [0.29, 0.717) is 40.9 Å². The van der Waals surface area contributed by atoms with Crippen molar-refractivity contribution in [3.63, 3.8) is 0 Å². The van der Waals surface area contributed by atoms with Crippen molar-refractivity contribution in [1.82, 2.24) is 14.5 Å². The molecular formula is C30H31N3O5. The van der Waals surface area contributed by atoms with Gasteiger partial charge in [0.25, 0.3) is 11.5 Å². The number of benzene rings is 2. The molecule has 1 saturated carbocycles. The van der Waals surface area contributed by atoms with E-state index >= 15 is 0 Å². The number of hydrogen-bond donors (Lipinski definition) is 0. The van der Waals surface area contributed by atoms with Crippen molar-refractivity contribution in [2.75, 3.05) is 20.7 Å². The van der Waals surface area contributed by atoms with Crippen LogP contribution in [0.2, 0.25) is 0 Å². The molecule has 8 heteroatoms. The summed E-state index contributed by atoms with van der Waals surface area (Å²) in [5, 5.41) is 0.489. The van der Waals surface area contributed by atoms with Crippen molar-refractivity contribution in [2.45, 2.75) is 31.8 Å². The maximum absolute atomic E-state index is 13.5. The zero-order valence-corrected chi connectivity index (χ0v) is 21.6. The molecular weight excluding hydrogens is 482 g/mol. The summed E-state index contributed by atoms with van der Waals surface area (Å²) in [4.78, 5) is 44.8. The number of fused-ring (bicyclic) bond motifs is 1. The second-order valence-electron chi connectivity index (χ2n) is 9.02. The number of amides is 1. The minimum atomic E-state index is -0.328. The van der Waals surface area contributed by atoms with Crippen molar-refractivity contribution in [3.05, 3.63) is 100 Å². The first-order valence-electron chi connectivity index (χ1n) is 12.5. The average Bonchev–Trinajstić information content (AvgIpc) is 2.92. The van der Waals surface area contributed by atoms with Gasteiger partial charge in [0.05, 0.1) is 29.7 Å². The number of likely N-dealkylation sites (N-methyl/N-ethyl adjacent to an activating group) is 1. The zero-order valence-electron chi connectivity index (χ0n) is 21.6. The lowest BCUT2D eigenvalue weighted by Crippen LogP contribution is -2.33. The summed E-state index contributed by atoms with van der Waals surface area (Å²) >= 11 is 0. The third-order valence-electron chi connectivity index (χ3n) is 6.58. The van der Waals surface area contributed by atoms with Gasteiger partial charge in [-0.1, -0.05) is 30.8 Å². The maximum Gasteiger partial charge on any atom is 0.265 e. The molecule has 1 fully saturated rings. The second kappa shape index (κ2) is 12.2. The summed E-state index contributed by atoms with van der Waals surface area (Å²) in [6, 6.07) is 12.2. The van der Waals surface area contributed by atoms with E-state index in [2.05, 4.69) is 6.58 Å². The Morgan fingerprint density at radius 1 is 1.21 bits per heavy atom. The molecule has 38 heavy (non-hydrogen) atoms. The highest BCUT2D eigenvalue weighted by molar-refractivity contribution is 6.03. The third-order valence-corrected chi connectivity index (χ3v) is 6.58. The zero-order chi connectivity index (χ0) is 27.1. The Kier molecular flexibility index (Phi) is 8.53. The molecule has 1 aliphatic rings. The first-order chi connectivity index (χ1) is 18.5. The van der Waals surface area contributed by atoms with Gasteiger partial charge < -0.3 is 14.4 Å². The molecule has 0 N–H and O–H groups in total. The molecule has 0 bridgehead atoms. The number of methoxy groups -OCH3 is 1. The van der Waals surface area contributed by atoms with Crippen LogP contribution in [0.3, 0.4) is 0 Å². The lowest BCUT2D eigenvalue weighted by atomic mass is 9.96. The van der Waals surface area contributed by atoms with Gasteiger partial charge in [0.15, 0.2) is 6.29 Å². The van der Waals surface area contributed by atoms with Gasteiger partial charge in [0.2, 0.25) is 0 Å². The number of allylic oxidation sites excluding steroid dienone is 3. The van der Waals surface area contributed by atoms with Gasteiger partial charge in [0.1, 0.15) is 17.3 Å². The van der Waals surface area contributed by atoms with Crippen LogP contribution in [0.25, 0.3) is 17.1 Å². The number of aromatic nitrogens is 2. The fraction of sp³-hybridized carbons (Fsp3) is 0.267. The number of para-hydroxylation sites is 1. The Morgan fingerprint density at radius 3 is 2.68 bits per heavy atom. The van der Waals surface area contributed by atoms with Gasteiger partial charge in [-0.3, -0.25) is 19.0 Å². The van der Waals surface area contributed by atoms with Crippen molar-refractivity contribution in [1.29, 1.82) is 0 Å². The maximum atomic E-state index is 13.5. The topological polar surface area (TPSA) is 90.7 Å². The molecule has 1 amide bonds. The van der Waals surface area contributed by atoms with Crippen molar-refractivity contribution in [2.24, 2.45) is 0 Å². The number of carbonyl (C=O) groups is 2. The van der Waals surface area contributed by atoms with E-state index in [1.165, 1.54) is 16.6 Å². The highest BCUT2D eigenvalue weighted by atomic mass is 16.5. The Hall–Kier alpha value is -4.46. The summed E-state index contributed by atoms with van der Waals surface area (Å²) in [7, 11) is 3.20. The molecule has 0 radical (unpaired) electrons. The van der Waals surface area contributed by atoms with E-state index in [4.69, 9.17) is 14.5 Å². The van der Waals surface area contributed by atoms with E-state index < -0.39 is 0 Å². The molecule has 4 rings (SSSR count). The summed E-state index contributed by atoms with van der Waals surface area (Å²) in [5.74, 6) is 1.13. The lowest BCUT2D eigenvalue weighted by molar-refractivity contribution is 0.0772. The van der Waals surface area contributed by atoms with Crippen LogP contribution in [0.5, 0.6) is 5.75 Å². The van der Waals surface area contributed by atoms with E-state index in [-0.39, 0.29) is 35.2 Å². The normalized spacial score (nSPS) is 13.8. The average molecular weight is 514 g/mol. The van der Waals surface area contributed by atoms with Crippen LogP contribution in [-0.4, -0.2) is 53.5 Å². The number of carbonyl (C=O) groups excluding carboxylic acids is 2. The minimum Gasteiger partial charge on any atom is -0.497 e. The van der Waals surface area contributed by atoms with Crippen LogP contribution >= 0.6 is 0 Å². The number of ether oxygens (including phenoxy) is 2.